The van der Waals surface area contributed by atoms with E-state index in [1.165, 1.54) is 14.2 Å². The molecule has 4 nitrogen and oxygen atoms in total. The van der Waals surface area contributed by atoms with Gasteiger partial charge in [0, 0.05) is 14.2 Å². The van der Waals surface area contributed by atoms with Gasteiger partial charge in [0.15, 0.2) is 5.34 Å². The van der Waals surface area contributed by atoms with Crippen LogP contribution in [0.5, 0.6) is 0 Å². The van der Waals surface area contributed by atoms with Crippen LogP contribution in [0.15, 0.2) is 0 Å². The first-order chi connectivity index (χ1) is 6.47. The van der Waals surface area contributed by atoms with Gasteiger partial charge in [-0.1, -0.05) is 13.3 Å². The van der Waals surface area contributed by atoms with Crippen LogP contribution in [0, 0.1) is 5.92 Å². The minimum absolute atomic E-state index is 0.368. The van der Waals surface area contributed by atoms with Crippen molar-refractivity contribution in [1.29, 1.82) is 0 Å². The van der Waals surface area contributed by atoms with Gasteiger partial charge in [-0.2, -0.15) is 0 Å². The fourth-order valence-corrected chi connectivity index (χ4v) is 3.95. The molecule has 1 aliphatic carbocycles. The highest BCUT2D eigenvalue weighted by Gasteiger charge is 2.50. The van der Waals surface area contributed by atoms with Gasteiger partial charge < -0.3 is 14.2 Å². The first kappa shape index (κ1) is 12.2. The van der Waals surface area contributed by atoms with Crippen LogP contribution < -0.4 is 0 Å². The highest BCUT2D eigenvalue weighted by molar-refractivity contribution is 7.55. The van der Waals surface area contributed by atoms with E-state index in [9.17, 15) is 9.67 Å². The quantitative estimate of drug-likeness (QED) is 0.745. The average Bonchev–Trinajstić information content (AvgIpc) is 2.16. The van der Waals surface area contributed by atoms with Crippen LogP contribution in [-0.2, 0) is 13.6 Å². The van der Waals surface area contributed by atoms with E-state index in [1.807, 2.05) is 6.92 Å². The Morgan fingerprint density at radius 3 is 2.43 bits per heavy atom. The molecule has 0 spiro atoms. The fourth-order valence-electron chi connectivity index (χ4n) is 2.16. The summed E-state index contributed by atoms with van der Waals surface area (Å²) >= 11 is 0. The molecule has 1 N–H and O–H groups in total. The lowest BCUT2D eigenvalue weighted by atomic mass is 9.88. The van der Waals surface area contributed by atoms with Crippen molar-refractivity contribution in [2.24, 2.45) is 5.92 Å². The summed E-state index contributed by atoms with van der Waals surface area (Å²) in [7, 11) is -0.708. The summed E-state index contributed by atoms with van der Waals surface area (Å²) in [5, 5.41) is 8.96. The van der Waals surface area contributed by atoms with Gasteiger partial charge in [0.05, 0.1) is 0 Å². The molecule has 0 heterocycles. The van der Waals surface area contributed by atoms with Gasteiger partial charge in [-0.05, 0) is 25.2 Å². The van der Waals surface area contributed by atoms with E-state index in [4.69, 9.17) is 9.05 Å². The smallest absolute Gasteiger partial charge is 0.361 e. The molecule has 1 rings (SSSR count). The van der Waals surface area contributed by atoms with Crippen molar-refractivity contribution in [3.63, 3.8) is 0 Å². The van der Waals surface area contributed by atoms with E-state index < -0.39 is 12.9 Å². The summed E-state index contributed by atoms with van der Waals surface area (Å²) in [5.74, 6) is 0.368. The maximum Gasteiger partial charge on any atom is 0.361 e. The van der Waals surface area contributed by atoms with Crippen LogP contribution in [0.2, 0.25) is 0 Å². The van der Waals surface area contributed by atoms with Crippen molar-refractivity contribution < 1.29 is 18.7 Å². The normalized spacial score (nSPS) is 34.4. The minimum atomic E-state index is -3.35. The van der Waals surface area contributed by atoms with Gasteiger partial charge >= 0.3 is 7.60 Å². The molecule has 0 saturated heterocycles. The third kappa shape index (κ3) is 2.03. The fraction of sp³-hybridized carbons (Fsp3) is 1.00. The van der Waals surface area contributed by atoms with Gasteiger partial charge in [0.2, 0.25) is 0 Å². The van der Waals surface area contributed by atoms with Crippen molar-refractivity contribution in [2.45, 2.75) is 37.9 Å². The molecule has 0 aliphatic heterocycles. The summed E-state index contributed by atoms with van der Waals surface area (Å²) in [6.45, 7) is 2.04. The van der Waals surface area contributed by atoms with Crippen LogP contribution in [0.1, 0.15) is 32.6 Å². The topological polar surface area (TPSA) is 55.8 Å². The molecule has 14 heavy (non-hydrogen) atoms. The van der Waals surface area contributed by atoms with E-state index in [2.05, 4.69) is 0 Å². The molecule has 0 aromatic rings. The predicted molar refractivity (Wildman–Crippen MR) is 54.2 cm³/mol. The molecule has 1 aliphatic rings. The third-order valence-corrected chi connectivity index (χ3v) is 5.33. The Hall–Kier alpha value is 0.110. The first-order valence-electron chi connectivity index (χ1n) is 4.91. The predicted octanol–water partition coefficient (Wildman–Crippen LogP) is 2.37. The standard InChI is InChI=1S/C9H19O4P/c1-8-5-4-6-9(10,7-8)14(11,12-2)13-3/h8,10H,4-7H2,1-3H3. The Morgan fingerprint density at radius 1 is 1.43 bits per heavy atom. The zero-order valence-corrected chi connectivity index (χ0v) is 9.92. The molecule has 84 valence electrons. The Balaban J connectivity index is 2.86. The number of hydrogen-bond donors (Lipinski definition) is 1. The van der Waals surface area contributed by atoms with Gasteiger partial charge in [-0.3, -0.25) is 4.57 Å². The Labute approximate surface area is 85.1 Å². The molecular weight excluding hydrogens is 203 g/mol. The zero-order chi connectivity index (χ0) is 10.8. The van der Waals surface area contributed by atoms with Crippen molar-refractivity contribution in [3.05, 3.63) is 0 Å². The molecule has 2 atom stereocenters. The first-order valence-corrected chi connectivity index (χ1v) is 6.46. The molecule has 1 saturated carbocycles. The second-order valence-electron chi connectivity index (χ2n) is 4.05. The van der Waals surface area contributed by atoms with Crippen LogP contribution >= 0.6 is 7.60 Å². The number of hydrogen-bond acceptors (Lipinski definition) is 4. The SMILES string of the molecule is COP(=O)(OC)C1(O)CCCC(C)C1. The monoisotopic (exact) mass is 222 g/mol. The summed E-state index contributed by atoms with van der Waals surface area (Å²) in [4.78, 5) is 0. The maximum absolute atomic E-state index is 12.1. The highest BCUT2D eigenvalue weighted by Crippen LogP contribution is 2.63. The average molecular weight is 222 g/mol. The van der Waals surface area contributed by atoms with E-state index in [1.54, 1.807) is 0 Å². The Kier molecular flexibility index (Phi) is 3.75. The lowest BCUT2D eigenvalue weighted by Gasteiger charge is -2.38. The maximum atomic E-state index is 12.1. The summed E-state index contributed by atoms with van der Waals surface area (Å²) < 4.78 is 21.8. The lowest BCUT2D eigenvalue weighted by molar-refractivity contribution is 0.0292. The molecule has 5 heteroatoms. The highest BCUT2D eigenvalue weighted by atomic mass is 31.2. The van der Waals surface area contributed by atoms with Gasteiger partial charge in [-0.15, -0.1) is 0 Å². The van der Waals surface area contributed by atoms with Crippen LogP contribution in [0.25, 0.3) is 0 Å². The Bertz CT molecular complexity index is 235. The second-order valence-corrected chi connectivity index (χ2v) is 6.60. The van der Waals surface area contributed by atoms with E-state index in [0.717, 1.165) is 12.8 Å². The van der Waals surface area contributed by atoms with Crippen molar-refractivity contribution >= 4 is 7.60 Å². The number of rotatable bonds is 3. The van der Waals surface area contributed by atoms with Crippen molar-refractivity contribution in [1.82, 2.24) is 0 Å². The molecule has 0 amide bonds. The van der Waals surface area contributed by atoms with Crippen molar-refractivity contribution in [3.8, 4) is 0 Å². The van der Waals surface area contributed by atoms with Gasteiger partial charge in [0.25, 0.3) is 0 Å². The van der Waals surface area contributed by atoms with E-state index in [0.29, 0.717) is 18.8 Å². The second kappa shape index (κ2) is 4.31. The molecule has 0 radical (unpaired) electrons. The van der Waals surface area contributed by atoms with Gasteiger partial charge in [0.1, 0.15) is 0 Å². The van der Waals surface area contributed by atoms with E-state index in [-0.39, 0.29) is 0 Å². The lowest BCUT2D eigenvalue weighted by Crippen LogP contribution is -2.35. The summed E-state index contributed by atoms with van der Waals surface area (Å²) in [6, 6.07) is 0. The van der Waals surface area contributed by atoms with Gasteiger partial charge in [-0.25, -0.2) is 0 Å². The molecule has 0 aromatic heterocycles. The zero-order valence-electron chi connectivity index (χ0n) is 9.02. The van der Waals surface area contributed by atoms with Crippen LogP contribution in [0.3, 0.4) is 0 Å². The van der Waals surface area contributed by atoms with Crippen LogP contribution in [0.4, 0.5) is 0 Å². The summed E-state index contributed by atoms with van der Waals surface area (Å²) in [5.41, 5.74) is 0. The number of aliphatic hydroxyl groups is 1. The third-order valence-electron chi connectivity index (χ3n) is 2.94. The van der Waals surface area contributed by atoms with Crippen LogP contribution in [-0.4, -0.2) is 24.7 Å². The summed E-state index contributed by atoms with van der Waals surface area (Å²) in [6.07, 6.45) is 2.92. The molecule has 0 aromatic carbocycles. The van der Waals surface area contributed by atoms with E-state index >= 15 is 0 Å². The largest absolute Gasteiger partial charge is 0.377 e. The molecular formula is C9H19O4P. The molecule has 1 fully saturated rings. The minimum Gasteiger partial charge on any atom is -0.377 e. The van der Waals surface area contributed by atoms with Crippen molar-refractivity contribution in [2.75, 3.05) is 14.2 Å². The molecule has 0 bridgehead atoms. The Morgan fingerprint density at radius 2 is 2.00 bits per heavy atom. The molecule has 2 unspecified atom stereocenters.